The van der Waals surface area contributed by atoms with Gasteiger partial charge in [-0.1, -0.05) is 26.8 Å². The van der Waals surface area contributed by atoms with Crippen molar-refractivity contribution >= 4 is 38.9 Å². The minimum Gasteiger partial charge on any atom is -0.380 e. The number of rotatable bonds is 7. The molecule has 3 saturated carbocycles. The van der Waals surface area contributed by atoms with Gasteiger partial charge in [-0.2, -0.15) is 5.10 Å². The quantitative estimate of drug-likeness (QED) is 0.614. The molecule has 1 amide bonds. The summed E-state index contributed by atoms with van der Waals surface area (Å²) < 4.78 is 1.65. The summed E-state index contributed by atoms with van der Waals surface area (Å²) in [5.74, 6) is 1.80. The maximum atomic E-state index is 12.7. The lowest BCUT2D eigenvalue weighted by atomic mass is 9.45. The fraction of sp³-hybridized carbons (Fsp3) is 0.591. The maximum absolute atomic E-state index is 12.7. The number of nitrogens with zero attached hydrogens (tertiary/aromatic N) is 2. The lowest BCUT2D eigenvalue weighted by molar-refractivity contribution is -0.121. The number of thiophene rings is 1. The first-order valence-corrected chi connectivity index (χ1v) is 12.3. The number of carbonyl (C=O) groups excluding carboxylic acids is 1. The van der Waals surface area contributed by atoms with E-state index in [1.54, 1.807) is 17.5 Å². The monoisotopic (exact) mass is 492 g/mol. The third-order valence-corrected chi connectivity index (χ3v) is 8.95. The van der Waals surface area contributed by atoms with E-state index in [1.807, 2.05) is 17.5 Å². The van der Waals surface area contributed by atoms with E-state index in [-0.39, 0.29) is 18.0 Å². The molecule has 0 saturated heterocycles. The molecule has 2 aromatic heterocycles. The van der Waals surface area contributed by atoms with Crippen LogP contribution in [-0.2, 0) is 17.8 Å². The number of fused-ring (bicyclic) bond motifs is 2. The topological polar surface area (TPSA) is 76.0 Å². The average Bonchev–Trinajstić information content (AvgIpc) is 3.22. The zero-order valence-electron chi connectivity index (χ0n) is 17.7. The van der Waals surface area contributed by atoms with Crippen molar-refractivity contribution in [2.75, 3.05) is 11.9 Å². The van der Waals surface area contributed by atoms with Crippen molar-refractivity contribution < 1.29 is 4.79 Å². The molecular weight excluding hydrogens is 464 g/mol. The van der Waals surface area contributed by atoms with Crippen LogP contribution in [0.4, 0.5) is 5.69 Å². The van der Waals surface area contributed by atoms with Crippen LogP contribution in [0.3, 0.4) is 0 Å². The van der Waals surface area contributed by atoms with E-state index in [2.05, 4.69) is 52.4 Å². The molecule has 2 N–H and O–H groups in total. The number of hydrogen-bond acceptors (Lipinski definition) is 5. The molecule has 162 valence electrons. The lowest BCUT2D eigenvalue weighted by Gasteiger charge is -2.62. The van der Waals surface area contributed by atoms with E-state index in [4.69, 9.17) is 0 Å². The summed E-state index contributed by atoms with van der Waals surface area (Å²) in [5.41, 5.74) is 0.848. The van der Waals surface area contributed by atoms with Gasteiger partial charge in [0, 0.05) is 17.5 Å². The van der Waals surface area contributed by atoms with Crippen molar-refractivity contribution in [3.05, 3.63) is 43.4 Å². The SMILES string of the molecule is C[C@H]1[C@H](Nc2cnn(CC(=O)NCCc3cccs3)c(=O)c2Br)C[C@H]2C[C@@H]1C2(C)C. The Morgan fingerprint density at radius 2 is 2.20 bits per heavy atom. The second-order valence-electron chi connectivity index (χ2n) is 9.22. The summed E-state index contributed by atoms with van der Waals surface area (Å²) in [7, 11) is 0. The molecule has 0 radical (unpaired) electrons. The Morgan fingerprint density at radius 3 is 2.87 bits per heavy atom. The molecule has 0 aromatic carbocycles. The van der Waals surface area contributed by atoms with Crippen LogP contribution in [0.2, 0.25) is 0 Å². The van der Waals surface area contributed by atoms with Gasteiger partial charge in [-0.05, 0) is 69.8 Å². The molecule has 3 fully saturated rings. The Hall–Kier alpha value is -1.67. The molecule has 2 heterocycles. The Labute approximate surface area is 189 Å². The Balaban J connectivity index is 1.35. The van der Waals surface area contributed by atoms with Crippen LogP contribution in [0, 0.1) is 23.2 Å². The highest BCUT2D eigenvalue weighted by atomic mass is 79.9. The minimum atomic E-state index is -0.289. The predicted octanol–water partition coefficient (Wildman–Crippen LogP) is 3.91. The van der Waals surface area contributed by atoms with Crippen molar-refractivity contribution in [2.24, 2.45) is 23.2 Å². The number of aromatic nitrogens is 2. The van der Waals surface area contributed by atoms with Crippen molar-refractivity contribution in [3.63, 3.8) is 0 Å². The molecule has 0 spiro atoms. The van der Waals surface area contributed by atoms with E-state index in [0.717, 1.165) is 24.7 Å². The van der Waals surface area contributed by atoms with Crippen molar-refractivity contribution in [1.29, 1.82) is 0 Å². The maximum Gasteiger partial charge on any atom is 0.283 e. The molecule has 3 aliphatic rings. The molecule has 30 heavy (non-hydrogen) atoms. The fourth-order valence-corrected chi connectivity index (χ4v) is 6.32. The van der Waals surface area contributed by atoms with Gasteiger partial charge in [-0.3, -0.25) is 9.59 Å². The van der Waals surface area contributed by atoms with E-state index in [0.29, 0.717) is 34.1 Å². The summed E-state index contributed by atoms with van der Waals surface area (Å²) in [6.07, 6.45) is 4.88. The smallest absolute Gasteiger partial charge is 0.283 e. The molecule has 3 aliphatic carbocycles. The number of anilines is 1. The molecule has 2 bridgehead atoms. The van der Waals surface area contributed by atoms with Crippen LogP contribution >= 0.6 is 27.3 Å². The fourth-order valence-electron chi connectivity index (χ4n) is 5.19. The lowest BCUT2D eigenvalue weighted by Crippen LogP contribution is -2.58. The summed E-state index contributed by atoms with van der Waals surface area (Å²) in [4.78, 5) is 26.2. The molecule has 8 heteroatoms. The van der Waals surface area contributed by atoms with Gasteiger partial charge >= 0.3 is 0 Å². The van der Waals surface area contributed by atoms with E-state index < -0.39 is 0 Å². The average molecular weight is 493 g/mol. The number of carbonyl (C=O) groups is 1. The van der Waals surface area contributed by atoms with E-state index >= 15 is 0 Å². The predicted molar refractivity (Wildman–Crippen MR) is 124 cm³/mol. The number of amides is 1. The van der Waals surface area contributed by atoms with Crippen LogP contribution in [0.15, 0.2) is 33.0 Å². The highest BCUT2D eigenvalue weighted by Gasteiger charge is 2.56. The number of halogens is 1. The Bertz CT molecular complexity index is 972. The molecule has 2 aromatic rings. The second-order valence-corrected chi connectivity index (χ2v) is 11.0. The minimum absolute atomic E-state index is 0.0830. The normalized spacial score (nSPS) is 26.7. The molecular formula is C22H29BrN4O2S. The Kier molecular flexibility index (Phi) is 6.08. The highest BCUT2D eigenvalue weighted by molar-refractivity contribution is 9.10. The van der Waals surface area contributed by atoms with Gasteiger partial charge in [0.2, 0.25) is 5.91 Å². The zero-order valence-corrected chi connectivity index (χ0v) is 20.1. The number of nitrogens with one attached hydrogen (secondary N) is 2. The molecule has 0 unspecified atom stereocenters. The van der Waals surface area contributed by atoms with Gasteiger partial charge in [-0.25, -0.2) is 4.68 Å². The first-order chi connectivity index (χ1) is 14.3. The Morgan fingerprint density at radius 1 is 1.40 bits per heavy atom. The van der Waals surface area contributed by atoms with Gasteiger partial charge in [0.25, 0.3) is 5.56 Å². The van der Waals surface area contributed by atoms with Crippen molar-refractivity contribution in [1.82, 2.24) is 15.1 Å². The van der Waals surface area contributed by atoms with E-state index in [9.17, 15) is 9.59 Å². The number of hydrogen-bond donors (Lipinski definition) is 2. The van der Waals surface area contributed by atoms with Gasteiger partial charge < -0.3 is 10.6 Å². The van der Waals surface area contributed by atoms with Crippen molar-refractivity contribution in [2.45, 2.75) is 52.6 Å². The van der Waals surface area contributed by atoms with Gasteiger partial charge in [-0.15, -0.1) is 11.3 Å². The van der Waals surface area contributed by atoms with Crippen LogP contribution in [0.5, 0.6) is 0 Å². The third kappa shape index (κ3) is 4.08. The molecule has 0 aliphatic heterocycles. The van der Waals surface area contributed by atoms with Crippen LogP contribution in [0.1, 0.15) is 38.5 Å². The zero-order chi connectivity index (χ0) is 21.5. The molecule has 5 rings (SSSR count). The molecule has 6 nitrogen and oxygen atoms in total. The second kappa shape index (κ2) is 8.46. The van der Waals surface area contributed by atoms with Crippen LogP contribution in [0.25, 0.3) is 0 Å². The van der Waals surface area contributed by atoms with Gasteiger partial charge in [0.15, 0.2) is 0 Å². The third-order valence-electron chi connectivity index (χ3n) is 7.25. The summed E-state index contributed by atoms with van der Waals surface area (Å²) in [6.45, 7) is 7.53. The van der Waals surface area contributed by atoms with Gasteiger partial charge in [0.05, 0.1) is 11.9 Å². The molecule has 4 atom stereocenters. The standard InChI is InChI=1S/C22H29BrN4O2S/c1-13-16-9-14(22(16,2)3)10-17(13)26-18-11-25-27(21(29)20(18)23)12-19(28)24-7-6-15-5-4-8-30-15/h4-5,8,11,13-14,16-17,26H,6-7,9-10,12H2,1-3H3,(H,24,28)/t13-,14-,16+,17-/m1/s1. The first-order valence-electron chi connectivity index (χ1n) is 10.6. The van der Waals surface area contributed by atoms with Crippen molar-refractivity contribution in [3.8, 4) is 0 Å². The van der Waals surface area contributed by atoms with Gasteiger partial charge in [0.1, 0.15) is 11.0 Å². The van der Waals surface area contributed by atoms with Crippen LogP contribution in [-0.4, -0.2) is 28.3 Å². The largest absolute Gasteiger partial charge is 0.380 e. The summed E-state index contributed by atoms with van der Waals surface area (Å²) >= 11 is 5.10. The van der Waals surface area contributed by atoms with E-state index in [1.165, 1.54) is 16.0 Å². The first kappa shape index (κ1) is 21.6. The van der Waals surface area contributed by atoms with Crippen LogP contribution < -0.4 is 16.2 Å². The summed E-state index contributed by atoms with van der Waals surface area (Å²) in [5, 5.41) is 12.7. The highest BCUT2D eigenvalue weighted by Crippen LogP contribution is 2.61. The summed E-state index contributed by atoms with van der Waals surface area (Å²) in [6, 6.07) is 4.38.